The van der Waals surface area contributed by atoms with Crippen molar-refractivity contribution in [2.45, 2.75) is 18.9 Å². The second-order valence-electron chi connectivity index (χ2n) is 3.82. The Morgan fingerprint density at radius 2 is 1.88 bits per heavy atom. The lowest BCUT2D eigenvalue weighted by molar-refractivity contribution is -0.384. The number of nitrogens with one attached hydrogen (secondary N) is 1. The second kappa shape index (κ2) is 4.94. The zero-order valence-corrected chi connectivity index (χ0v) is 8.89. The molecule has 1 N–H and O–H groups in total. The van der Waals surface area contributed by atoms with E-state index in [0.717, 1.165) is 25.9 Å². The van der Waals surface area contributed by atoms with Crippen molar-refractivity contribution in [3.05, 3.63) is 34.4 Å². The molecule has 0 bridgehead atoms. The molecule has 16 heavy (non-hydrogen) atoms. The Morgan fingerprint density at radius 1 is 1.25 bits per heavy atom. The molecule has 1 heterocycles. The van der Waals surface area contributed by atoms with Gasteiger partial charge in [0.1, 0.15) is 11.9 Å². The van der Waals surface area contributed by atoms with Gasteiger partial charge in [-0.3, -0.25) is 10.1 Å². The van der Waals surface area contributed by atoms with Gasteiger partial charge in [0.2, 0.25) is 0 Å². The largest absolute Gasteiger partial charge is 0.490 e. The van der Waals surface area contributed by atoms with Crippen LogP contribution in [-0.4, -0.2) is 24.1 Å². The standard InChI is InChI=1S/C11H14N2O3/c14-13(15)9-1-3-10(4-2-9)16-11-5-7-12-8-6-11/h1-4,11-12H,5-8H2. The van der Waals surface area contributed by atoms with Gasteiger partial charge in [0.05, 0.1) is 4.92 Å². The summed E-state index contributed by atoms with van der Waals surface area (Å²) in [5, 5.41) is 13.7. The molecule has 1 aliphatic rings. The van der Waals surface area contributed by atoms with Gasteiger partial charge in [-0.15, -0.1) is 0 Å². The second-order valence-corrected chi connectivity index (χ2v) is 3.82. The monoisotopic (exact) mass is 222 g/mol. The normalized spacial score (nSPS) is 17.0. The van der Waals surface area contributed by atoms with Crippen molar-refractivity contribution in [1.29, 1.82) is 0 Å². The lowest BCUT2D eigenvalue weighted by Crippen LogP contribution is -2.34. The molecule has 0 saturated carbocycles. The molecule has 0 spiro atoms. The summed E-state index contributed by atoms with van der Waals surface area (Å²) in [4.78, 5) is 10.1. The third-order valence-corrected chi connectivity index (χ3v) is 2.64. The van der Waals surface area contributed by atoms with Crippen LogP contribution in [0.2, 0.25) is 0 Å². The van der Waals surface area contributed by atoms with Gasteiger partial charge >= 0.3 is 0 Å². The first kappa shape index (κ1) is 10.9. The van der Waals surface area contributed by atoms with E-state index in [4.69, 9.17) is 4.74 Å². The average Bonchev–Trinajstić information content (AvgIpc) is 2.31. The molecule has 1 aromatic carbocycles. The van der Waals surface area contributed by atoms with Crippen LogP contribution in [0.15, 0.2) is 24.3 Å². The number of hydrogen-bond acceptors (Lipinski definition) is 4. The summed E-state index contributed by atoms with van der Waals surface area (Å²) in [7, 11) is 0. The van der Waals surface area contributed by atoms with Crippen LogP contribution in [-0.2, 0) is 0 Å². The fourth-order valence-corrected chi connectivity index (χ4v) is 1.75. The molecule has 0 amide bonds. The van der Waals surface area contributed by atoms with E-state index in [0.29, 0.717) is 5.75 Å². The molecule has 1 aliphatic heterocycles. The Labute approximate surface area is 93.6 Å². The number of nitrogens with zero attached hydrogens (tertiary/aromatic N) is 1. The van der Waals surface area contributed by atoms with E-state index in [1.165, 1.54) is 12.1 Å². The summed E-state index contributed by atoms with van der Waals surface area (Å²) in [6.07, 6.45) is 2.19. The van der Waals surface area contributed by atoms with E-state index < -0.39 is 4.92 Å². The van der Waals surface area contributed by atoms with Crippen molar-refractivity contribution in [2.75, 3.05) is 13.1 Å². The van der Waals surface area contributed by atoms with E-state index in [9.17, 15) is 10.1 Å². The molecule has 0 atom stereocenters. The van der Waals surface area contributed by atoms with E-state index in [-0.39, 0.29) is 11.8 Å². The molecule has 1 aromatic rings. The van der Waals surface area contributed by atoms with Crippen molar-refractivity contribution >= 4 is 5.69 Å². The van der Waals surface area contributed by atoms with E-state index in [1.807, 2.05) is 0 Å². The van der Waals surface area contributed by atoms with Crippen molar-refractivity contribution < 1.29 is 9.66 Å². The molecule has 1 fully saturated rings. The molecule has 5 heteroatoms. The van der Waals surface area contributed by atoms with Crippen LogP contribution in [0.25, 0.3) is 0 Å². The Morgan fingerprint density at radius 3 is 2.44 bits per heavy atom. The maximum atomic E-state index is 10.5. The number of piperidine rings is 1. The number of rotatable bonds is 3. The average molecular weight is 222 g/mol. The highest BCUT2D eigenvalue weighted by atomic mass is 16.6. The molecular weight excluding hydrogens is 208 g/mol. The molecule has 0 radical (unpaired) electrons. The lowest BCUT2D eigenvalue weighted by Gasteiger charge is -2.23. The minimum absolute atomic E-state index is 0.0951. The third-order valence-electron chi connectivity index (χ3n) is 2.64. The maximum Gasteiger partial charge on any atom is 0.269 e. The Balaban J connectivity index is 1.96. The zero-order chi connectivity index (χ0) is 11.4. The van der Waals surface area contributed by atoms with Gasteiger partial charge < -0.3 is 10.1 Å². The topological polar surface area (TPSA) is 64.4 Å². The van der Waals surface area contributed by atoms with Crippen LogP contribution in [0.1, 0.15) is 12.8 Å². The molecule has 5 nitrogen and oxygen atoms in total. The number of non-ortho nitro benzene ring substituents is 1. The minimum Gasteiger partial charge on any atom is -0.490 e. The number of benzene rings is 1. The first-order valence-electron chi connectivity index (χ1n) is 5.37. The summed E-state index contributed by atoms with van der Waals surface area (Å²) in [6.45, 7) is 1.94. The SMILES string of the molecule is O=[N+]([O-])c1ccc(OC2CCNCC2)cc1. The summed E-state index contributed by atoms with van der Waals surface area (Å²) in [6, 6.07) is 6.24. The fourth-order valence-electron chi connectivity index (χ4n) is 1.75. The van der Waals surface area contributed by atoms with Gasteiger partial charge in [-0.25, -0.2) is 0 Å². The summed E-state index contributed by atoms with van der Waals surface area (Å²) >= 11 is 0. The molecule has 0 aromatic heterocycles. The van der Waals surface area contributed by atoms with Crippen LogP contribution < -0.4 is 10.1 Å². The Kier molecular flexibility index (Phi) is 3.36. The molecule has 86 valence electrons. The van der Waals surface area contributed by atoms with Crippen LogP contribution in [0.5, 0.6) is 5.75 Å². The van der Waals surface area contributed by atoms with Crippen LogP contribution in [0.3, 0.4) is 0 Å². The highest BCUT2D eigenvalue weighted by Gasteiger charge is 2.14. The first-order valence-corrected chi connectivity index (χ1v) is 5.37. The van der Waals surface area contributed by atoms with Gasteiger partial charge in [-0.1, -0.05) is 0 Å². The number of nitro groups is 1. The van der Waals surface area contributed by atoms with Crippen molar-refractivity contribution in [3.8, 4) is 5.75 Å². The third kappa shape index (κ3) is 2.70. The smallest absolute Gasteiger partial charge is 0.269 e. The van der Waals surface area contributed by atoms with Gasteiger partial charge in [-0.05, 0) is 38.1 Å². The maximum absolute atomic E-state index is 10.5. The predicted molar refractivity (Wildman–Crippen MR) is 59.6 cm³/mol. The van der Waals surface area contributed by atoms with E-state index >= 15 is 0 Å². The highest BCUT2D eigenvalue weighted by molar-refractivity contribution is 5.36. The molecule has 2 rings (SSSR count). The highest BCUT2D eigenvalue weighted by Crippen LogP contribution is 2.20. The zero-order valence-electron chi connectivity index (χ0n) is 8.89. The van der Waals surface area contributed by atoms with Crippen molar-refractivity contribution in [3.63, 3.8) is 0 Å². The molecule has 0 aliphatic carbocycles. The van der Waals surface area contributed by atoms with Gasteiger partial charge in [0, 0.05) is 12.1 Å². The van der Waals surface area contributed by atoms with Gasteiger partial charge in [0.25, 0.3) is 5.69 Å². The van der Waals surface area contributed by atoms with Crippen molar-refractivity contribution in [2.24, 2.45) is 0 Å². The molecule has 1 saturated heterocycles. The van der Waals surface area contributed by atoms with Gasteiger partial charge in [-0.2, -0.15) is 0 Å². The van der Waals surface area contributed by atoms with Crippen LogP contribution >= 0.6 is 0 Å². The molecular formula is C11H14N2O3. The van der Waals surface area contributed by atoms with E-state index in [2.05, 4.69) is 5.32 Å². The Hall–Kier alpha value is -1.62. The lowest BCUT2D eigenvalue weighted by atomic mass is 10.1. The summed E-state index contributed by atoms with van der Waals surface area (Å²) in [5.41, 5.74) is 0.0951. The summed E-state index contributed by atoms with van der Waals surface area (Å²) in [5.74, 6) is 0.706. The molecule has 0 unspecified atom stereocenters. The number of ether oxygens (including phenoxy) is 1. The van der Waals surface area contributed by atoms with Crippen LogP contribution in [0, 0.1) is 10.1 Å². The quantitative estimate of drug-likeness (QED) is 0.624. The minimum atomic E-state index is -0.408. The Bertz CT molecular complexity index is 358. The van der Waals surface area contributed by atoms with E-state index in [1.54, 1.807) is 12.1 Å². The first-order chi connectivity index (χ1) is 7.75. The number of hydrogen-bond donors (Lipinski definition) is 1. The van der Waals surface area contributed by atoms with Crippen LogP contribution in [0.4, 0.5) is 5.69 Å². The predicted octanol–water partition coefficient (Wildman–Crippen LogP) is 1.73. The summed E-state index contributed by atoms with van der Waals surface area (Å²) < 4.78 is 5.73. The van der Waals surface area contributed by atoms with Gasteiger partial charge in [0.15, 0.2) is 0 Å². The fraction of sp³-hybridized carbons (Fsp3) is 0.455. The number of nitro benzene ring substituents is 1. The van der Waals surface area contributed by atoms with Crippen molar-refractivity contribution in [1.82, 2.24) is 5.32 Å².